The third-order valence-electron chi connectivity index (χ3n) is 5.50. The second-order valence-corrected chi connectivity index (χ2v) is 10.0. The van der Waals surface area contributed by atoms with Crippen LogP contribution >= 0.6 is 0 Å². The molecule has 2 aromatic rings. The standard InChI is InChI=1S/C24H34N2O5S/c1-18(2)31-21-7-9-22(10-8-21)32(27,28)25-12-5-6-13-26-14-11-19-15-23(29-3)24(30-4)16-20(19)17-26/h7-10,15-16,18,25H,5-6,11-14,17H2,1-4H3. The lowest BCUT2D eigenvalue weighted by Crippen LogP contribution is -2.32. The van der Waals surface area contributed by atoms with Crippen LogP contribution in [0.25, 0.3) is 0 Å². The summed E-state index contributed by atoms with van der Waals surface area (Å²) in [5, 5.41) is 0. The van der Waals surface area contributed by atoms with E-state index in [1.165, 1.54) is 11.1 Å². The maximum Gasteiger partial charge on any atom is 0.240 e. The number of methoxy groups -OCH3 is 2. The Balaban J connectivity index is 1.44. The summed E-state index contributed by atoms with van der Waals surface area (Å²) in [6.07, 6.45) is 2.72. The fraction of sp³-hybridized carbons (Fsp3) is 0.500. The topological polar surface area (TPSA) is 77.1 Å². The predicted molar refractivity (Wildman–Crippen MR) is 125 cm³/mol. The van der Waals surface area contributed by atoms with Crippen molar-refractivity contribution in [2.45, 2.75) is 50.7 Å². The summed E-state index contributed by atoms with van der Waals surface area (Å²) >= 11 is 0. The molecule has 0 fully saturated rings. The van der Waals surface area contributed by atoms with Gasteiger partial charge in [-0.25, -0.2) is 13.1 Å². The lowest BCUT2D eigenvalue weighted by atomic mass is 9.98. The zero-order valence-corrected chi connectivity index (χ0v) is 20.2. The Kier molecular flexibility index (Phi) is 8.39. The van der Waals surface area contributed by atoms with Gasteiger partial charge in [0.15, 0.2) is 11.5 Å². The van der Waals surface area contributed by atoms with Gasteiger partial charge in [-0.1, -0.05) is 0 Å². The Hall–Kier alpha value is -2.29. The highest BCUT2D eigenvalue weighted by Gasteiger charge is 2.19. The van der Waals surface area contributed by atoms with E-state index in [2.05, 4.69) is 21.8 Å². The molecular weight excluding hydrogens is 428 g/mol. The van der Waals surface area contributed by atoms with E-state index in [1.54, 1.807) is 38.5 Å². The average Bonchev–Trinajstić information content (AvgIpc) is 2.77. The van der Waals surface area contributed by atoms with Gasteiger partial charge in [0.1, 0.15) is 5.75 Å². The minimum Gasteiger partial charge on any atom is -0.493 e. The van der Waals surface area contributed by atoms with E-state index in [9.17, 15) is 8.42 Å². The predicted octanol–water partition coefficient (Wildman–Crippen LogP) is 3.61. The minimum atomic E-state index is -3.51. The minimum absolute atomic E-state index is 0.0498. The van der Waals surface area contributed by atoms with Crippen LogP contribution in [0.3, 0.4) is 0 Å². The summed E-state index contributed by atoms with van der Waals surface area (Å²) in [5.74, 6) is 2.19. The molecule has 1 aliphatic rings. The summed E-state index contributed by atoms with van der Waals surface area (Å²) in [4.78, 5) is 2.65. The first-order valence-corrected chi connectivity index (χ1v) is 12.5. The number of nitrogens with zero attached hydrogens (tertiary/aromatic N) is 1. The summed E-state index contributed by atoms with van der Waals surface area (Å²) in [6, 6.07) is 10.7. The zero-order valence-electron chi connectivity index (χ0n) is 19.4. The number of hydrogen-bond donors (Lipinski definition) is 1. The van der Waals surface area contributed by atoms with E-state index in [0.717, 1.165) is 50.4 Å². The molecule has 3 rings (SSSR count). The molecule has 0 radical (unpaired) electrons. The Bertz CT molecular complexity index is 990. The first-order chi connectivity index (χ1) is 15.3. The van der Waals surface area contributed by atoms with Crippen LogP contribution < -0.4 is 18.9 Å². The van der Waals surface area contributed by atoms with Crippen LogP contribution in [0.2, 0.25) is 0 Å². The van der Waals surface area contributed by atoms with E-state index >= 15 is 0 Å². The van der Waals surface area contributed by atoms with Gasteiger partial charge in [0.05, 0.1) is 25.2 Å². The Morgan fingerprint density at radius 2 is 1.66 bits per heavy atom. The molecule has 1 heterocycles. The van der Waals surface area contributed by atoms with Crippen LogP contribution in [0.15, 0.2) is 41.3 Å². The molecule has 7 nitrogen and oxygen atoms in total. The van der Waals surface area contributed by atoms with Crippen molar-refractivity contribution in [3.05, 3.63) is 47.5 Å². The first kappa shape index (κ1) is 24.4. The van der Waals surface area contributed by atoms with Crippen LogP contribution in [0.1, 0.15) is 37.8 Å². The molecule has 0 saturated heterocycles. The molecule has 32 heavy (non-hydrogen) atoms. The molecule has 0 spiro atoms. The zero-order chi connectivity index (χ0) is 23.1. The molecule has 1 aliphatic heterocycles. The second-order valence-electron chi connectivity index (χ2n) is 8.24. The van der Waals surface area contributed by atoms with Crippen LogP contribution in [0.4, 0.5) is 0 Å². The van der Waals surface area contributed by atoms with Crippen molar-refractivity contribution in [2.24, 2.45) is 0 Å². The number of sulfonamides is 1. The molecule has 0 amide bonds. The third kappa shape index (κ3) is 6.37. The normalized spacial score (nSPS) is 14.3. The van der Waals surface area contributed by atoms with Crippen molar-refractivity contribution in [3.8, 4) is 17.2 Å². The molecule has 8 heteroatoms. The third-order valence-corrected chi connectivity index (χ3v) is 6.97. The van der Waals surface area contributed by atoms with Crippen molar-refractivity contribution in [3.63, 3.8) is 0 Å². The Labute approximate surface area is 191 Å². The second kappa shape index (κ2) is 11.0. The van der Waals surface area contributed by atoms with Gasteiger partial charge in [-0.3, -0.25) is 4.90 Å². The molecular formula is C24H34N2O5S. The number of hydrogen-bond acceptors (Lipinski definition) is 6. The molecule has 0 saturated carbocycles. The lowest BCUT2D eigenvalue weighted by molar-refractivity contribution is 0.242. The first-order valence-electron chi connectivity index (χ1n) is 11.0. The van der Waals surface area contributed by atoms with E-state index in [1.807, 2.05) is 13.8 Å². The number of rotatable bonds is 11. The highest BCUT2D eigenvalue weighted by molar-refractivity contribution is 7.89. The van der Waals surface area contributed by atoms with Crippen LogP contribution in [-0.4, -0.2) is 53.3 Å². The SMILES string of the molecule is COc1cc2c(cc1OC)CN(CCCCNS(=O)(=O)c1ccc(OC(C)C)cc1)CC2. The molecule has 0 aromatic heterocycles. The van der Waals surface area contributed by atoms with Crippen LogP contribution in [0.5, 0.6) is 17.2 Å². The number of ether oxygens (including phenoxy) is 3. The van der Waals surface area contributed by atoms with Gasteiger partial charge in [0, 0.05) is 19.6 Å². The molecule has 0 atom stereocenters. The highest BCUT2D eigenvalue weighted by Crippen LogP contribution is 2.33. The number of fused-ring (bicyclic) bond motifs is 1. The fourth-order valence-corrected chi connectivity index (χ4v) is 4.93. The summed E-state index contributed by atoms with van der Waals surface area (Å²) in [7, 11) is -0.201. The van der Waals surface area contributed by atoms with E-state index in [4.69, 9.17) is 14.2 Å². The van der Waals surface area contributed by atoms with Gasteiger partial charge in [-0.2, -0.15) is 0 Å². The Morgan fingerprint density at radius 1 is 1.00 bits per heavy atom. The molecule has 176 valence electrons. The maximum atomic E-state index is 12.5. The van der Waals surface area contributed by atoms with Crippen molar-refractivity contribution in [1.29, 1.82) is 0 Å². The summed E-state index contributed by atoms with van der Waals surface area (Å²) in [5.41, 5.74) is 2.57. The van der Waals surface area contributed by atoms with Crippen molar-refractivity contribution >= 4 is 10.0 Å². The van der Waals surface area contributed by atoms with Gasteiger partial charge in [-0.15, -0.1) is 0 Å². The molecule has 0 unspecified atom stereocenters. The van der Waals surface area contributed by atoms with Crippen LogP contribution in [-0.2, 0) is 23.0 Å². The summed E-state index contributed by atoms with van der Waals surface area (Å²) in [6.45, 7) is 7.07. The van der Waals surface area contributed by atoms with Crippen molar-refractivity contribution < 1.29 is 22.6 Å². The van der Waals surface area contributed by atoms with Crippen molar-refractivity contribution in [2.75, 3.05) is 33.9 Å². The Morgan fingerprint density at radius 3 is 2.28 bits per heavy atom. The number of nitrogens with one attached hydrogen (secondary N) is 1. The smallest absolute Gasteiger partial charge is 0.240 e. The largest absolute Gasteiger partial charge is 0.493 e. The van der Waals surface area contributed by atoms with E-state index < -0.39 is 10.0 Å². The summed E-state index contributed by atoms with van der Waals surface area (Å²) < 4.78 is 44.1. The lowest BCUT2D eigenvalue weighted by Gasteiger charge is -2.29. The van der Waals surface area contributed by atoms with Gasteiger partial charge < -0.3 is 14.2 Å². The van der Waals surface area contributed by atoms with Crippen LogP contribution in [0, 0.1) is 0 Å². The monoisotopic (exact) mass is 462 g/mol. The fourth-order valence-electron chi connectivity index (χ4n) is 3.85. The van der Waals surface area contributed by atoms with Gasteiger partial charge >= 0.3 is 0 Å². The maximum absolute atomic E-state index is 12.5. The van der Waals surface area contributed by atoms with E-state index in [-0.39, 0.29) is 11.0 Å². The van der Waals surface area contributed by atoms with Gasteiger partial charge in [-0.05, 0) is 87.2 Å². The van der Waals surface area contributed by atoms with Crippen molar-refractivity contribution in [1.82, 2.24) is 9.62 Å². The number of unbranched alkanes of at least 4 members (excludes halogenated alkanes) is 1. The van der Waals surface area contributed by atoms with E-state index in [0.29, 0.717) is 12.3 Å². The quantitative estimate of drug-likeness (QED) is 0.514. The number of benzene rings is 2. The van der Waals surface area contributed by atoms with Gasteiger partial charge in [0.2, 0.25) is 10.0 Å². The molecule has 2 aromatic carbocycles. The molecule has 0 bridgehead atoms. The average molecular weight is 463 g/mol. The highest BCUT2D eigenvalue weighted by atomic mass is 32.2. The molecule has 1 N–H and O–H groups in total. The van der Waals surface area contributed by atoms with Gasteiger partial charge in [0.25, 0.3) is 0 Å². The molecule has 0 aliphatic carbocycles.